The standard InChI is InChI=1S/C19H24N2O3S/c1-2-21-25(23,24)18-11-8-17(9-12-18)10-13-19(22)20-15-14-16-6-4-3-5-7-16/h3-9,11-12,21H,2,10,13-15H2,1H3,(H,20,22). The Kier molecular flexibility index (Phi) is 7.16. The van der Waals surface area contributed by atoms with Crippen LogP contribution in [0.25, 0.3) is 0 Å². The predicted octanol–water partition coefficient (Wildman–Crippen LogP) is 2.28. The number of benzene rings is 2. The number of carbonyl (C=O) groups excluding carboxylic acids is 1. The summed E-state index contributed by atoms with van der Waals surface area (Å²) < 4.78 is 26.2. The largest absolute Gasteiger partial charge is 0.356 e. The van der Waals surface area contributed by atoms with Gasteiger partial charge in [0.25, 0.3) is 0 Å². The minimum atomic E-state index is -3.43. The maximum Gasteiger partial charge on any atom is 0.240 e. The van der Waals surface area contributed by atoms with E-state index in [2.05, 4.69) is 10.0 Å². The van der Waals surface area contributed by atoms with E-state index in [4.69, 9.17) is 0 Å². The van der Waals surface area contributed by atoms with E-state index >= 15 is 0 Å². The van der Waals surface area contributed by atoms with Gasteiger partial charge in [-0.25, -0.2) is 13.1 Å². The molecule has 2 N–H and O–H groups in total. The summed E-state index contributed by atoms with van der Waals surface area (Å²) in [5.41, 5.74) is 2.13. The van der Waals surface area contributed by atoms with Gasteiger partial charge in [0.1, 0.15) is 0 Å². The summed E-state index contributed by atoms with van der Waals surface area (Å²) in [6, 6.07) is 16.7. The first-order chi connectivity index (χ1) is 12.0. The van der Waals surface area contributed by atoms with E-state index in [0.717, 1.165) is 12.0 Å². The van der Waals surface area contributed by atoms with Gasteiger partial charge in [-0.1, -0.05) is 49.4 Å². The molecule has 0 saturated carbocycles. The van der Waals surface area contributed by atoms with Crippen LogP contribution in [0.3, 0.4) is 0 Å². The molecule has 2 rings (SSSR count). The number of rotatable bonds is 9. The topological polar surface area (TPSA) is 75.3 Å². The van der Waals surface area contributed by atoms with Crippen molar-refractivity contribution >= 4 is 15.9 Å². The maximum absolute atomic E-state index is 11.9. The average molecular weight is 360 g/mol. The number of amides is 1. The summed E-state index contributed by atoms with van der Waals surface area (Å²) in [5.74, 6) is 0.000258. The third-order valence-electron chi connectivity index (χ3n) is 3.79. The van der Waals surface area contributed by atoms with Crippen molar-refractivity contribution in [2.45, 2.75) is 31.1 Å². The van der Waals surface area contributed by atoms with Crippen LogP contribution in [0.2, 0.25) is 0 Å². The lowest BCUT2D eigenvalue weighted by Crippen LogP contribution is -2.25. The molecule has 0 spiro atoms. The lowest BCUT2D eigenvalue weighted by atomic mass is 10.1. The Hall–Kier alpha value is -2.18. The van der Waals surface area contributed by atoms with Gasteiger partial charge < -0.3 is 5.32 Å². The summed E-state index contributed by atoms with van der Waals surface area (Å²) in [6.07, 6.45) is 1.77. The minimum Gasteiger partial charge on any atom is -0.356 e. The lowest BCUT2D eigenvalue weighted by molar-refractivity contribution is -0.121. The smallest absolute Gasteiger partial charge is 0.240 e. The second kappa shape index (κ2) is 9.34. The molecule has 2 aromatic rings. The number of nitrogens with one attached hydrogen (secondary N) is 2. The fourth-order valence-corrected chi connectivity index (χ4v) is 3.49. The molecular formula is C19H24N2O3S. The molecule has 0 radical (unpaired) electrons. The number of aryl methyl sites for hydroxylation is 1. The predicted molar refractivity (Wildman–Crippen MR) is 98.8 cm³/mol. The molecule has 0 unspecified atom stereocenters. The molecule has 0 aliphatic heterocycles. The third-order valence-corrected chi connectivity index (χ3v) is 5.35. The fraction of sp³-hybridized carbons (Fsp3) is 0.316. The molecule has 0 bridgehead atoms. The van der Waals surface area contributed by atoms with Crippen LogP contribution in [-0.2, 0) is 27.7 Å². The molecule has 0 saturated heterocycles. The molecule has 25 heavy (non-hydrogen) atoms. The first-order valence-corrected chi connectivity index (χ1v) is 9.89. The van der Waals surface area contributed by atoms with Gasteiger partial charge in [-0.3, -0.25) is 4.79 Å². The van der Waals surface area contributed by atoms with Crippen molar-refractivity contribution < 1.29 is 13.2 Å². The van der Waals surface area contributed by atoms with Crippen LogP contribution >= 0.6 is 0 Å². The van der Waals surface area contributed by atoms with Crippen molar-refractivity contribution in [2.24, 2.45) is 0 Å². The monoisotopic (exact) mass is 360 g/mol. The first kappa shape index (κ1) is 19.1. The van der Waals surface area contributed by atoms with Gasteiger partial charge in [-0.05, 0) is 36.1 Å². The van der Waals surface area contributed by atoms with Crippen molar-refractivity contribution in [2.75, 3.05) is 13.1 Å². The SMILES string of the molecule is CCNS(=O)(=O)c1ccc(CCC(=O)NCCc2ccccc2)cc1. The molecule has 0 atom stereocenters. The van der Waals surface area contributed by atoms with E-state index in [9.17, 15) is 13.2 Å². The molecule has 0 fully saturated rings. The molecule has 6 heteroatoms. The van der Waals surface area contributed by atoms with Crippen LogP contribution in [0.4, 0.5) is 0 Å². The summed E-state index contributed by atoms with van der Waals surface area (Å²) in [5, 5.41) is 2.91. The maximum atomic E-state index is 11.9. The molecule has 5 nitrogen and oxygen atoms in total. The van der Waals surface area contributed by atoms with Crippen molar-refractivity contribution in [3.8, 4) is 0 Å². The highest BCUT2D eigenvalue weighted by Gasteiger charge is 2.12. The van der Waals surface area contributed by atoms with Crippen molar-refractivity contribution in [1.82, 2.24) is 10.0 Å². The summed E-state index contributed by atoms with van der Waals surface area (Å²) in [4.78, 5) is 12.1. The number of sulfonamides is 1. The average Bonchev–Trinajstić information content (AvgIpc) is 2.61. The first-order valence-electron chi connectivity index (χ1n) is 8.40. The van der Waals surface area contributed by atoms with Crippen molar-refractivity contribution in [3.05, 3.63) is 65.7 Å². The zero-order valence-electron chi connectivity index (χ0n) is 14.4. The van der Waals surface area contributed by atoms with Gasteiger partial charge in [0.2, 0.25) is 15.9 Å². The second-order valence-electron chi connectivity index (χ2n) is 5.73. The molecule has 134 valence electrons. The second-order valence-corrected chi connectivity index (χ2v) is 7.50. The summed E-state index contributed by atoms with van der Waals surface area (Å²) in [7, 11) is -3.43. The molecular weight excluding hydrogens is 336 g/mol. The van der Waals surface area contributed by atoms with Gasteiger partial charge in [-0.2, -0.15) is 0 Å². The normalized spacial score (nSPS) is 11.2. The highest BCUT2D eigenvalue weighted by molar-refractivity contribution is 7.89. The zero-order valence-corrected chi connectivity index (χ0v) is 15.2. The molecule has 0 aromatic heterocycles. The van der Waals surface area contributed by atoms with Gasteiger partial charge in [-0.15, -0.1) is 0 Å². The Balaban J connectivity index is 1.76. The number of hydrogen-bond acceptors (Lipinski definition) is 3. The Labute approximate surface area is 149 Å². The zero-order chi connectivity index (χ0) is 18.1. The lowest BCUT2D eigenvalue weighted by Gasteiger charge is -2.07. The Morgan fingerprint density at radius 2 is 1.56 bits per heavy atom. The summed E-state index contributed by atoms with van der Waals surface area (Å²) in [6.45, 7) is 2.71. The van der Waals surface area contributed by atoms with Gasteiger partial charge in [0, 0.05) is 19.5 Å². The Morgan fingerprint density at radius 1 is 0.920 bits per heavy atom. The van der Waals surface area contributed by atoms with E-state index in [1.165, 1.54) is 5.56 Å². The van der Waals surface area contributed by atoms with Gasteiger partial charge in [0.05, 0.1) is 4.90 Å². The molecule has 1 amide bonds. The fourth-order valence-electron chi connectivity index (χ4n) is 2.45. The van der Waals surface area contributed by atoms with E-state index in [-0.39, 0.29) is 10.8 Å². The van der Waals surface area contributed by atoms with Gasteiger partial charge >= 0.3 is 0 Å². The molecule has 0 aliphatic rings. The molecule has 0 aliphatic carbocycles. The number of carbonyl (C=O) groups is 1. The Bertz CT molecular complexity index is 772. The highest BCUT2D eigenvalue weighted by Crippen LogP contribution is 2.11. The van der Waals surface area contributed by atoms with E-state index in [1.807, 2.05) is 30.3 Å². The van der Waals surface area contributed by atoms with Crippen LogP contribution < -0.4 is 10.0 Å². The van der Waals surface area contributed by atoms with Gasteiger partial charge in [0.15, 0.2) is 0 Å². The number of hydrogen-bond donors (Lipinski definition) is 2. The van der Waals surface area contributed by atoms with E-state index in [0.29, 0.717) is 25.9 Å². The van der Waals surface area contributed by atoms with E-state index < -0.39 is 10.0 Å². The third kappa shape index (κ3) is 6.32. The Morgan fingerprint density at radius 3 is 2.20 bits per heavy atom. The van der Waals surface area contributed by atoms with E-state index in [1.54, 1.807) is 31.2 Å². The minimum absolute atomic E-state index is 0.000258. The van der Waals surface area contributed by atoms with Crippen molar-refractivity contribution in [3.63, 3.8) is 0 Å². The molecule has 0 heterocycles. The highest BCUT2D eigenvalue weighted by atomic mass is 32.2. The van der Waals surface area contributed by atoms with Crippen LogP contribution in [0, 0.1) is 0 Å². The summed E-state index contributed by atoms with van der Waals surface area (Å²) >= 11 is 0. The van der Waals surface area contributed by atoms with Crippen LogP contribution in [0.5, 0.6) is 0 Å². The van der Waals surface area contributed by atoms with Crippen LogP contribution in [0.15, 0.2) is 59.5 Å². The van der Waals surface area contributed by atoms with Crippen molar-refractivity contribution in [1.29, 1.82) is 0 Å². The quantitative estimate of drug-likeness (QED) is 0.720. The van der Waals surface area contributed by atoms with Crippen LogP contribution in [-0.4, -0.2) is 27.4 Å². The molecule has 2 aromatic carbocycles. The van der Waals surface area contributed by atoms with Crippen LogP contribution in [0.1, 0.15) is 24.5 Å².